The second-order valence-electron chi connectivity index (χ2n) is 10.4. The van der Waals surface area contributed by atoms with Crippen LogP contribution in [0.1, 0.15) is 69.0 Å². The van der Waals surface area contributed by atoms with Crippen LogP contribution in [0.3, 0.4) is 0 Å². The van der Waals surface area contributed by atoms with Gasteiger partial charge >= 0.3 is 0 Å². The third kappa shape index (κ3) is 5.96. The van der Waals surface area contributed by atoms with Crippen LogP contribution >= 0.6 is 0 Å². The van der Waals surface area contributed by atoms with Crippen LogP contribution in [0.25, 0.3) is 11.1 Å². The maximum Gasteiger partial charge on any atom is 0.133 e. The number of aryl methyl sites for hydroxylation is 2. The summed E-state index contributed by atoms with van der Waals surface area (Å²) in [5.41, 5.74) is 8.84. The molecule has 0 radical (unpaired) electrons. The van der Waals surface area contributed by atoms with E-state index >= 15 is 0 Å². The van der Waals surface area contributed by atoms with Crippen LogP contribution in [0.2, 0.25) is 0 Å². The molecule has 1 fully saturated rings. The predicted molar refractivity (Wildman–Crippen MR) is 144 cm³/mol. The van der Waals surface area contributed by atoms with E-state index < -0.39 is 0 Å². The average molecular weight is 465 g/mol. The largest absolute Gasteiger partial charge is 0.300 e. The van der Waals surface area contributed by atoms with Crippen LogP contribution < -0.4 is 0 Å². The van der Waals surface area contributed by atoms with Gasteiger partial charge in [0.25, 0.3) is 0 Å². The van der Waals surface area contributed by atoms with Crippen molar-refractivity contribution in [3.63, 3.8) is 0 Å². The number of carbonyl (C=O) groups excluding carboxylic acids is 1. The van der Waals surface area contributed by atoms with Crippen molar-refractivity contribution in [3.05, 3.63) is 89.4 Å². The number of nitrogens with zero attached hydrogens (tertiary/aromatic N) is 2. The minimum Gasteiger partial charge on any atom is -0.300 e. The smallest absolute Gasteiger partial charge is 0.133 e. The summed E-state index contributed by atoms with van der Waals surface area (Å²) in [6.45, 7) is 2.02. The molecule has 1 aromatic heterocycles. The predicted octanol–water partition coefficient (Wildman–Crippen LogP) is 7.76. The second-order valence-corrected chi connectivity index (χ2v) is 10.4. The topological polar surface area (TPSA) is 42.3 Å². The fourth-order valence-electron chi connectivity index (χ4n) is 5.98. The Bertz CT molecular complexity index is 1200. The fourth-order valence-corrected chi connectivity index (χ4v) is 5.98. The van der Waals surface area contributed by atoms with Gasteiger partial charge in [0.05, 0.1) is 5.71 Å². The van der Waals surface area contributed by atoms with Crippen molar-refractivity contribution in [1.29, 1.82) is 0 Å². The van der Waals surface area contributed by atoms with E-state index in [1.165, 1.54) is 47.2 Å². The highest BCUT2D eigenvalue weighted by atomic mass is 16.1. The number of aromatic nitrogens is 1. The minimum atomic E-state index is 0.404. The standard InChI is InChI=1S/C32H36N2O/c1-23-19-28(16-18-33-23)27-10-4-7-24(20-27)14-15-30(35)22-25-8-5-11-29(21-25)32-31-13-3-2-9-26(31)12-6-17-34-32/h3-4,6-7,10,13,16-20,25,29H,2,5,8-9,11-12,14-15,21-22H2,1H3/t25-,29?/m1/s1. The molecule has 0 amide bonds. The van der Waals surface area contributed by atoms with E-state index in [1.54, 1.807) is 5.57 Å². The number of benzene rings is 1. The van der Waals surface area contributed by atoms with Crippen molar-refractivity contribution in [3.8, 4) is 11.1 Å². The Morgan fingerprint density at radius 3 is 2.91 bits per heavy atom. The first-order chi connectivity index (χ1) is 17.2. The lowest BCUT2D eigenvalue weighted by molar-refractivity contribution is -0.120. The van der Waals surface area contributed by atoms with Gasteiger partial charge in [-0.2, -0.15) is 0 Å². The zero-order valence-corrected chi connectivity index (χ0v) is 20.9. The highest BCUT2D eigenvalue weighted by Crippen LogP contribution is 2.37. The highest BCUT2D eigenvalue weighted by molar-refractivity contribution is 6.05. The molecule has 2 atom stereocenters. The molecule has 3 heteroatoms. The molecule has 35 heavy (non-hydrogen) atoms. The molecule has 3 nitrogen and oxygen atoms in total. The molecule has 2 heterocycles. The first-order valence-electron chi connectivity index (χ1n) is 13.3. The summed E-state index contributed by atoms with van der Waals surface area (Å²) < 4.78 is 0. The van der Waals surface area contributed by atoms with E-state index in [1.807, 2.05) is 25.4 Å². The van der Waals surface area contributed by atoms with Crippen LogP contribution in [-0.4, -0.2) is 16.5 Å². The van der Waals surface area contributed by atoms with E-state index in [-0.39, 0.29) is 0 Å². The van der Waals surface area contributed by atoms with E-state index in [0.29, 0.717) is 30.5 Å². The molecule has 5 rings (SSSR count). The fraction of sp³-hybridized carbons (Fsp3) is 0.406. The van der Waals surface area contributed by atoms with Crippen LogP contribution in [0.5, 0.6) is 0 Å². The van der Waals surface area contributed by atoms with Gasteiger partial charge in [0.2, 0.25) is 0 Å². The van der Waals surface area contributed by atoms with Crippen molar-refractivity contribution in [2.75, 3.05) is 0 Å². The summed E-state index contributed by atoms with van der Waals surface area (Å²) in [7, 11) is 0. The van der Waals surface area contributed by atoms with Crippen molar-refractivity contribution in [1.82, 2.24) is 4.98 Å². The number of hydrogen-bond donors (Lipinski definition) is 0. The van der Waals surface area contributed by atoms with Gasteiger partial charge < -0.3 is 0 Å². The molecule has 0 spiro atoms. The molecule has 0 saturated heterocycles. The van der Waals surface area contributed by atoms with E-state index in [2.05, 4.69) is 53.5 Å². The van der Waals surface area contributed by atoms with Gasteiger partial charge in [0.1, 0.15) is 5.78 Å². The van der Waals surface area contributed by atoms with Gasteiger partial charge in [-0.25, -0.2) is 0 Å². The van der Waals surface area contributed by atoms with Gasteiger partial charge in [0.15, 0.2) is 0 Å². The van der Waals surface area contributed by atoms with Crippen LogP contribution in [-0.2, 0) is 11.2 Å². The molecule has 0 N–H and O–H groups in total. The van der Waals surface area contributed by atoms with Crippen molar-refractivity contribution >= 4 is 11.5 Å². The Balaban J connectivity index is 1.18. The number of carbonyl (C=O) groups is 1. The zero-order chi connectivity index (χ0) is 24.0. The number of Topliss-reactive ketones (excluding diaryl/α,β-unsaturated/α-hetero) is 1. The lowest BCUT2D eigenvalue weighted by Crippen LogP contribution is -2.26. The molecular formula is C32H36N2O. The lowest BCUT2D eigenvalue weighted by Gasteiger charge is -2.31. The quantitative estimate of drug-likeness (QED) is 0.420. The number of allylic oxidation sites excluding steroid dienone is 5. The molecular weight excluding hydrogens is 428 g/mol. The number of aliphatic imine (C=N–C) groups is 1. The molecule has 1 unspecified atom stereocenters. The van der Waals surface area contributed by atoms with Gasteiger partial charge in [-0.1, -0.05) is 54.5 Å². The molecule has 1 saturated carbocycles. The zero-order valence-electron chi connectivity index (χ0n) is 20.9. The van der Waals surface area contributed by atoms with E-state index in [9.17, 15) is 4.79 Å². The first kappa shape index (κ1) is 23.7. The Kier molecular flexibility index (Phi) is 7.51. The van der Waals surface area contributed by atoms with Crippen LogP contribution in [0.15, 0.2) is 83.2 Å². The van der Waals surface area contributed by atoms with Gasteiger partial charge in [-0.15, -0.1) is 0 Å². The molecule has 3 aliphatic rings. The molecule has 1 aromatic carbocycles. The molecule has 2 aliphatic carbocycles. The third-order valence-electron chi connectivity index (χ3n) is 7.77. The summed E-state index contributed by atoms with van der Waals surface area (Å²) in [6.07, 6.45) is 20.8. The summed E-state index contributed by atoms with van der Waals surface area (Å²) in [5, 5.41) is 0. The normalized spacial score (nSPS) is 21.9. The minimum absolute atomic E-state index is 0.404. The maximum atomic E-state index is 13.0. The highest BCUT2D eigenvalue weighted by Gasteiger charge is 2.29. The van der Waals surface area contributed by atoms with Crippen molar-refractivity contribution in [2.24, 2.45) is 16.8 Å². The Morgan fingerprint density at radius 2 is 2.00 bits per heavy atom. The molecule has 180 valence electrons. The molecule has 1 aliphatic heterocycles. The second kappa shape index (κ2) is 11.1. The Labute approximate surface area is 209 Å². The van der Waals surface area contributed by atoms with E-state index in [0.717, 1.165) is 37.8 Å². The number of pyridine rings is 1. The summed E-state index contributed by atoms with van der Waals surface area (Å²) >= 11 is 0. The first-order valence-corrected chi connectivity index (χ1v) is 13.3. The van der Waals surface area contributed by atoms with Crippen LogP contribution in [0.4, 0.5) is 0 Å². The summed E-state index contributed by atoms with van der Waals surface area (Å²) in [5.74, 6) is 1.37. The maximum absolute atomic E-state index is 13.0. The van der Waals surface area contributed by atoms with Gasteiger partial charge in [-0.05, 0) is 92.2 Å². The monoisotopic (exact) mass is 464 g/mol. The molecule has 2 aromatic rings. The van der Waals surface area contributed by atoms with Gasteiger partial charge in [0, 0.05) is 36.9 Å². The lowest BCUT2D eigenvalue weighted by atomic mass is 9.74. The van der Waals surface area contributed by atoms with Crippen molar-refractivity contribution < 1.29 is 4.79 Å². The Hall–Kier alpha value is -3.07. The van der Waals surface area contributed by atoms with E-state index in [4.69, 9.17) is 4.99 Å². The molecule has 0 bridgehead atoms. The SMILES string of the molecule is Cc1cc(-c2cccc(CCC(=O)C[C@@H]3CCCC(C4=NC=CCC5=C4C=CCC5)C3)c2)ccn1. The third-order valence-corrected chi connectivity index (χ3v) is 7.77. The summed E-state index contributed by atoms with van der Waals surface area (Å²) in [4.78, 5) is 22.2. The number of ketones is 1. The average Bonchev–Trinajstić information content (AvgIpc) is 3.11. The Morgan fingerprint density at radius 1 is 1.09 bits per heavy atom. The van der Waals surface area contributed by atoms with Crippen molar-refractivity contribution in [2.45, 2.75) is 71.1 Å². The van der Waals surface area contributed by atoms with Gasteiger partial charge in [-0.3, -0.25) is 14.8 Å². The number of hydrogen-bond acceptors (Lipinski definition) is 3. The number of rotatable bonds is 7. The summed E-state index contributed by atoms with van der Waals surface area (Å²) in [6, 6.07) is 12.8. The van der Waals surface area contributed by atoms with Crippen LogP contribution in [0, 0.1) is 18.8 Å².